The molecule has 1 aromatic carbocycles. The molecular weight excluding hydrogens is 331 g/mol. The molecule has 92 valence electrons. The summed E-state index contributed by atoms with van der Waals surface area (Å²) in [6.45, 7) is 0.816. The smallest absolute Gasteiger partial charge is 0.337 e. The van der Waals surface area contributed by atoms with Crippen LogP contribution in [0.4, 0.5) is 0 Å². The van der Waals surface area contributed by atoms with E-state index in [-0.39, 0.29) is 12.1 Å². The van der Waals surface area contributed by atoms with E-state index in [2.05, 4.69) is 27.3 Å². The van der Waals surface area contributed by atoms with Crippen molar-refractivity contribution < 1.29 is 14.3 Å². The van der Waals surface area contributed by atoms with Crippen LogP contribution in [0.3, 0.4) is 0 Å². The largest absolute Gasteiger partial charge is 0.465 e. The number of esters is 1. The lowest BCUT2D eigenvalue weighted by Gasteiger charge is -2.26. The summed E-state index contributed by atoms with van der Waals surface area (Å²) >= 11 is 2.47. The fraction of sp³-hybridized carbons (Fsp3) is 0.462. The number of benzene rings is 1. The van der Waals surface area contributed by atoms with Gasteiger partial charge in [-0.2, -0.15) is 0 Å². The second-order valence-corrected chi connectivity index (χ2v) is 5.86. The number of rotatable bonds is 2. The highest BCUT2D eigenvalue weighted by molar-refractivity contribution is 14.1. The average molecular weight is 346 g/mol. The van der Waals surface area contributed by atoms with E-state index in [4.69, 9.17) is 4.74 Å². The Balaban J connectivity index is 2.09. The maximum absolute atomic E-state index is 11.3. The Morgan fingerprint density at radius 3 is 2.71 bits per heavy atom. The lowest BCUT2D eigenvalue weighted by Crippen LogP contribution is -2.19. The quantitative estimate of drug-likeness (QED) is 0.469. The first-order valence-corrected chi connectivity index (χ1v) is 6.89. The Labute approximate surface area is 115 Å². The third kappa shape index (κ3) is 3.19. The summed E-state index contributed by atoms with van der Waals surface area (Å²) in [5.74, 6) is -0.298. The molecule has 17 heavy (non-hydrogen) atoms. The number of carbonyl (C=O) groups is 1. The number of alkyl halides is 1. The summed E-state index contributed by atoms with van der Waals surface area (Å²) in [6.07, 6.45) is 2.33. The van der Waals surface area contributed by atoms with Crippen molar-refractivity contribution in [3.63, 3.8) is 0 Å². The van der Waals surface area contributed by atoms with Crippen LogP contribution in [0.15, 0.2) is 24.3 Å². The van der Waals surface area contributed by atoms with Crippen molar-refractivity contribution in [2.75, 3.05) is 13.7 Å². The molecule has 1 aliphatic rings. The summed E-state index contributed by atoms with van der Waals surface area (Å²) in [7, 11) is 1.39. The van der Waals surface area contributed by atoms with Gasteiger partial charge in [0.05, 0.1) is 18.8 Å². The van der Waals surface area contributed by atoms with Crippen LogP contribution >= 0.6 is 22.6 Å². The molecule has 0 radical (unpaired) electrons. The number of carbonyl (C=O) groups excluding carboxylic acids is 1. The average Bonchev–Trinajstić information content (AvgIpc) is 2.38. The van der Waals surface area contributed by atoms with Gasteiger partial charge < -0.3 is 9.47 Å². The monoisotopic (exact) mass is 346 g/mol. The standard InChI is InChI=1S/C13H15IO3/c1-16-13(15)10-4-2-9(3-5-10)12-8-11(14)6-7-17-12/h2-5,11-12H,6-8H2,1H3/t11-,12-/m1/s1. The zero-order valence-corrected chi connectivity index (χ0v) is 11.8. The van der Waals surface area contributed by atoms with E-state index in [0.29, 0.717) is 9.49 Å². The molecule has 0 spiro atoms. The Bertz CT molecular complexity index is 388. The zero-order chi connectivity index (χ0) is 12.3. The fourth-order valence-corrected chi connectivity index (χ4v) is 2.66. The molecule has 1 aliphatic heterocycles. The maximum atomic E-state index is 11.3. The lowest BCUT2D eigenvalue weighted by molar-refractivity contribution is 0.0199. The molecule has 0 saturated carbocycles. The molecule has 2 atom stereocenters. The molecule has 0 bridgehead atoms. The second-order valence-electron chi connectivity index (χ2n) is 4.09. The number of hydrogen-bond acceptors (Lipinski definition) is 3. The first kappa shape index (κ1) is 12.8. The number of hydrogen-bond donors (Lipinski definition) is 0. The summed E-state index contributed by atoms with van der Waals surface area (Å²) in [4.78, 5) is 11.3. The van der Waals surface area contributed by atoms with Crippen LogP contribution in [0.5, 0.6) is 0 Å². The van der Waals surface area contributed by atoms with Crippen LogP contribution in [-0.4, -0.2) is 23.6 Å². The van der Waals surface area contributed by atoms with Crippen molar-refractivity contribution >= 4 is 28.6 Å². The third-order valence-corrected chi connectivity index (χ3v) is 4.05. The van der Waals surface area contributed by atoms with Gasteiger partial charge >= 0.3 is 5.97 Å². The van der Waals surface area contributed by atoms with E-state index in [1.807, 2.05) is 12.1 Å². The van der Waals surface area contributed by atoms with Crippen LogP contribution < -0.4 is 0 Å². The van der Waals surface area contributed by atoms with E-state index in [1.165, 1.54) is 7.11 Å². The minimum atomic E-state index is -0.298. The van der Waals surface area contributed by atoms with Crippen molar-refractivity contribution in [3.8, 4) is 0 Å². The minimum absolute atomic E-state index is 0.164. The van der Waals surface area contributed by atoms with E-state index >= 15 is 0 Å². The topological polar surface area (TPSA) is 35.5 Å². The molecule has 1 fully saturated rings. The van der Waals surface area contributed by atoms with Crippen LogP contribution in [-0.2, 0) is 9.47 Å². The highest BCUT2D eigenvalue weighted by Crippen LogP contribution is 2.31. The van der Waals surface area contributed by atoms with Gasteiger partial charge in [-0.25, -0.2) is 4.79 Å². The van der Waals surface area contributed by atoms with E-state index < -0.39 is 0 Å². The Morgan fingerprint density at radius 1 is 1.41 bits per heavy atom. The summed E-state index contributed by atoms with van der Waals surface area (Å²) in [5, 5.41) is 0. The molecule has 0 amide bonds. The van der Waals surface area contributed by atoms with Gasteiger partial charge in [0.25, 0.3) is 0 Å². The van der Waals surface area contributed by atoms with E-state index in [1.54, 1.807) is 12.1 Å². The predicted molar refractivity (Wildman–Crippen MR) is 73.5 cm³/mol. The Kier molecular flexibility index (Phi) is 4.39. The normalized spacial score (nSPS) is 24.4. The number of ether oxygens (including phenoxy) is 2. The Hall–Kier alpha value is -0.620. The van der Waals surface area contributed by atoms with Gasteiger partial charge in [-0.15, -0.1) is 0 Å². The number of methoxy groups -OCH3 is 1. The molecule has 1 heterocycles. The molecule has 3 nitrogen and oxygen atoms in total. The third-order valence-electron chi connectivity index (χ3n) is 2.92. The SMILES string of the molecule is COC(=O)c1ccc([C@H]2C[C@H](I)CCO2)cc1. The molecular formula is C13H15IO3. The van der Waals surface area contributed by atoms with Gasteiger partial charge in [0.2, 0.25) is 0 Å². The van der Waals surface area contributed by atoms with Gasteiger partial charge in [0.15, 0.2) is 0 Å². The van der Waals surface area contributed by atoms with Gasteiger partial charge in [0.1, 0.15) is 0 Å². The van der Waals surface area contributed by atoms with Gasteiger partial charge in [-0.1, -0.05) is 34.7 Å². The maximum Gasteiger partial charge on any atom is 0.337 e. The summed E-state index contributed by atoms with van der Waals surface area (Å²) < 4.78 is 11.1. The molecule has 2 rings (SSSR count). The van der Waals surface area contributed by atoms with Crippen LogP contribution in [0, 0.1) is 0 Å². The molecule has 0 aromatic heterocycles. The zero-order valence-electron chi connectivity index (χ0n) is 9.69. The van der Waals surface area contributed by atoms with Gasteiger partial charge in [-0.05, 0) is 30.5 Å². The Morgan fingerprint density at radius 2 is 2.12 bits per heavy atom. The number of halogens is 1. The summed E-state index contributed by atoms with van der Waals surface area (Å²) in [5.41, 5.74) is 1.72. The van der Waals surface area contributed by atoms with E-state index in [9.17, 15) is 4.79 Å². The van der Waals surface area contributed by atoms with Crippen LogP contribution in [0.25, 0.3) is 0 Å². The van der Waals surface area contributed by atoms with Crippen LogP contribution in [0.1, 0.15) is 34.9 Å². The van der Waals surface area contributed by atoms with Crippen molar-refractivity contribution in [3.05, 3.63) is 35.4 Å². The second kappa shape index (κ2) is 5.82. The first-order valence-electron chi connectivity index (χ1n) is 5.64. The molecule has 0 N–H and O–H groups in total. The highest BCUT2D eigenvalue weighted by Gasteiger charge is 2.22. The molecule has 1 aromatic rings. The minimum Gasteiger partial charge on any atom is -0.465 e. The highest BCUT2D eigenvalue weighted by atomic mass is 127. The fourth-order valence-electron chi connectivity index (χ4n) is 1.94. The van der Waals surface area contributed by atoms with Gasteiger partial charge in [0, 0.05) is 10.5 Å². The first-order chi connectivity index (χ1) is 8.20. The molecule has 1 saturated heterocycles. The molecule has 4 heteroatoms. The van der Waals surface area contributed by atoms with Gasteiger partial charge in [-0.3, -0.25) is 0 Å². The van der Waals surface area contributed by atoms with Crippen molar-refractivity contribution in [1.82, 2.24) is 0 Å². The molecule has 0 aliphatic carbocycles. The van der Waals surface area contributed by atoms with Crippen molar-refractivity contribution in [1.29, 1.82) is 0 Å². The van der Waals surface area contributed by atoms with Crippen LogP contribution in [0.2, 0.25) is 0 Å². The molecule has 0 unspecified atom stereocenters. The summed E-state index contributed by atoms with van der Waals surface area (Å²) in [6, 6.07) is 7.49. The van der Waals surface area contributed by atoms with Crippen molar-refractivity contribution in [2.24, 2.45) is 0 Å². The van der Waals surface area contributed by atoms with Crippen molar-refractivity contribution in [2.45, 2.75) is 22.9 Å². The van der Waals surface area contributed by atoms with E-state index in [0.717, 1.165) is 25.0 Å². The predicted octanol–water partition coefficient (Wildman–Crippen LogP) is 3.13. The lowest BCUT2D eigenvalue weighted by atomic mass is 10.0.